The summed E-state index contributed by atoms with van der Waals surface area (Å²) in [4.78, 5) is 10.5. The topological polar surface area (TPSA) is 87.0 Å². The molecule has 0 aliphatic rings. The van der Waals surface area contributed by atoms with Gasteiger partial charge in [0.05, 0.1) is 7.11 Å². The predicted molar refractivity (Wildman–Crippen MR) is 56.6 cm³/mol. The summed E-state index contributed by atoms with van der Waals surface area (Å²) in [5.74, 6) is -1.13. The van der Waals surface area contributed by atoms with Crippen LogP contribution in [0.1, 0.15) is 11.7 Å². The van der Waals surface area contributed by atoms with Crippen LogP contribution in [0.2, 0.25) is 5.02 Å². The summed E-state index contributed by atoms with van der Waals surface area (Å²) >= 11 is 5.74. The average molecular weight is 247 g/mol. The third-order valence-corrected chi connectivity index (χ3v) is 2.24. The number of benzene rings is 1. The Labute approximate surface area is 96.9 Å². The first-order chi connectivity index (χ1) is 7.45. The van der Waals surface area contributed by atoms with Gasteiger partial charge in [0, 0.05) is 5.02 Å². The van der Waals surface area contributed by atoms with Gasteiger partial charge in [0.15, 0.2) is 6.10 Å². The molecule has 0 spiro atoms. The first-order valence-corrected chi connectivity index (χ1v) is 4.77. The number of aliphatic carboxylic acids is 1. The molecule has 0 heterocycles. The van der Waals surface area contributed by atoms with Crippen molar-refractivity contribution in [1.82, 2.24) is 0 Å². The molecule has 2 atom stereocenters. The Morgan fingerprint density at radius 1 is 1.38 bits per heavy atom. The number of hydrogen-bond acceptors (Lipinski definition) is 4. The third kappa shape index (κ3) is 2.85. The van der Waals surface area contributed by atoms with E-state index in [1.54, 1.807) is 0 Å². The maximum Gasteiger partial charge on any atom is 0.335 e. The standard InChI is InChI=1S/C10H11ClO5/c1-16-7-3-5(2-6(11)4-7)8(12)9(13)10(14)15/h2-4,8-9,12-13H,1H3,(H,14,15). The summed E-state index contributed by atoms with van der Waals surface area (Å²) in [6, 6.07) is 4.27. The number of aliphatic hydroxyl groups is 2. The van der Waals surface area contributed by atoms with Gasteiger partial charge < -0.3 is 20.1 Å². The fourth-order valence-corrected chi connectivity index (χ4v) is 1.42. The van der Waals surface area contributed by atoms with Crippen LogP contribution in [0.25, 0.3) is 0 Å². The van der Waals surface area contributed by atoms with E-state index in [0.717, 1.165) is 0 Å². The van der Waals surface area contributed by atoms with Gasteiger partial charge in [-0.25, -0.2) is 4.79 Å². The van der Waals surface area contributed by atoms with Crippen LogP contribution >= 0.6 is 11.6 Å². The second-order valence-electron chi connectivity index (χ2n) is 3.15. The SMILES string of the molecule is COc1cc(Cl)cc(C(O)C(O)C(=O)O)c1. The van der Waals surface area contributed by atoms with Gasteiger partial charge in [-0.3, -0.25) is 0 Å². The van der Waals surface area contributed by atoms with Crippen molar-refractivity contribution >= 4 is 17.6 Å². The lowest BCUT2D eigenvalue weighted by Gasteiger charge is -2.15. The van der Waals surface area contributed by atoms with E-state index >= 15 is 0 Å². The normalized spacial score (nSPS) is 14.2. The molecule has 88 valence electrons. The number of carbonyl (C=O) groups is 1. The summed E-state index contributed by atoms with van der Waals surface area (Å²) in [5, 5.41) is 27.5. The molecule has 1 aromatic carbocycles. The molecule has 16 heavy (non-hydrogen) atoms. The van der Waals surface area contributed by atoms with Gasteiger partial charge in [-0.15, -0.1) is 0 Å². The van der Waals surface area contributed by atoms with E-state index in [4.69, 9.17) is 26.6 Å². The van der Waals surface area contributed by atoms with E-state index in [1.807, 2.05) is 0 Å². The number of carboxylic acid groups (broad SMARTS) is 1. The van der Waals surface area contributed by atoms with Crippen molar-refractivity contribution in [3.05, 3.63) is 28.8 Å². The Kier molecular flexibility index (Phi) is 4.12. The molecular weight excluding hydrogens is 236 g/mol. The summed E-state index contributed by atoms with van der Waals surface area (Å²) in [6.07, 6.45) is -3.45. The van der Waals surface area contributed by atoms with Gasteiger partial charge in [-0.1, -0.05) is 11.6 Å². The second kappa shape index (κ2) is 5.16. The molecule has 0 saturated heterocycles. The van der Waals surface area contributed by atoms with E-state index in [2.05, 4.69) is 0 Å². The zero-order valence-electron chi connectivity index (χ0n) is 8.42. The third-order valence-electron chi connectivity index (χ3n) is 2.02. The van der Waals surface area contributed by atoms with Gasteiger partial charge in [-0.2, -0.15) is 0 Å². The maximum absolute atomic E-state index is 10.5. The van der Waals surface area contributed by atoms with Crippen molar-refractivity contribution in [2.24, 2.45) is 0 Å². The van der Waals surface area contributed by atoms with Crippen LogP contribution in [0.5, 0.6) is 5.75 Å². The minimum Gasteiger partial charge on any atom is -0.497 e. The van der Waals surface area contributed by atoms with Gasteiger partial charge in [0.2, 0.25) is 0 Å². The largest absolute Gasteiger partial charge is 0.497 e. The number of carboxylic acids is 1. The van der Waals surface area contributed by atoms with Crippen molar-refractivity contribution in [1.29, 1.82) is 0 Å². The number of halogens is 1. The molecule has 5 nitrogen and oxygen atoms in total. The van der Waals surface area contributed by atoms with Crippen molar-refractivity contribution in [2.45, 2.75) is 12.2 Å². The molecule has 0 aromatic heterocycles. The Balaban J connectivity index is 3.03. The highest BCUT2D eigenvalue weighted by Crippen LogP contribution is 2.26. The van der Waals surface area contributed by atoms with Crippen LogP contribution in [0.15, 0.2) is 18.2 Å². The molecule has 0 aliphatic carbocycles. The van der Waals surface area contributed by atoms with E-state index in [0.29, 0.717) is 5.75 Å². The number of aliphatic hydroxyl groups excluding tert-OH is 2. The van der Waals surface area contributed by atoms with E-state index < -0.39 is 18.2 Å². The monoisotopic (exact) mass is 246 g/mol. The molecule has 0 amide bonds. The van der Waals surface area contributed by atoms with Gasteiger partial charge in [0.1, 0.15) is 11.9 Å². The minimum atomic E-state index is -1.90. The van der Waals surface area contributed by atoms with Crippen LogP contribution in [0.3, 0.4) is 0 Å². The molecule has 0 aliphatic heterocycles. The lowest BCUT2D eigenvalue weighted by atomic mass is 10.0. The Morgan fingerprint density at radius 3 is 2.50 bits per heavy atom. The van der Waals surface area contributed by atoms with Crippen LogP contribution in [0.4, 0.5) is 0 Å². The van der Waals surface area contributed by atoms with Crippen LogP contribution in [0, 0.1) is 0 Å². The smallest absolute Gasteiger partial charge is 0.335 e. The summed E-state index contributed by atoms with van der Waals surface area (Å²) < 4.78 is 4.90. The zero-order chi connectivity index (χ0) is 12.3. The molecule has 0 fully saturated rings. The first-order valence-electron chi connectivity index (χ1n) is 4.39. The van der Waals surface area contributed by atoms with Crippen LogP contribution in [-0.2, 0) is 4.79 Å². The predicted octanol–water partition coefficient (Wildman–Crippen LogP) is 0.827. The van der Waals surface area contributed by atoms with Crippen LogP contribution < -0.4 is 4.74 Å². The molecule has 0 saturated carbocycles. The van der Waals surface area contributed by atoms with Crippen molar-refractivity contribution in [2.75, 3.05) is 7.11 Å². The van der Waals surface area contributed by atoms with E-state index in [9.17, 15) is 9.90 Å². The fraction of sp³-hybridized carbons (Fsp3) is 0.300. The second-order valence-corrected chi connectivity index (χ2v) is 3.59. The highest BCUT2D eigenvalue weighted by atomic mass is 35.5. The van der Waals surface area contributed by atoms with Crippen LogP contribution in [-0.4, -0.2) is 34.5 Å². The Hall–Kier alpha value is -1.30. The molecule has 0 bridgehead atoms. The number of hydrogen-bond donors (Lipinski definition) is 3. The molecule has 1 aromatic rings. The molecule has 3 N–H and O–H groups in total. The maximum atomic E-state index is 10.5. The number of ether oxygens (including phenoxy) is 1. The van der Waals surface area contributed by atoms with Gasteiger partial charge >= 0.3 is 5.97 Å². The lowest BCUT2D eigenvalue weighted by Crippen LogP contribution is -2.27. The van der Waals surface area contributed by atoms with Gasteiger partial charge in [-0.05, 0) is 23.8 Å². The van der Waals surface area contributed by atoms with E-state index in [1.165, 1.54) is 25.3 Å². The fourth-order valence-electron chi connectivity index (χ4n) is 1.19. The summed E-state index contributed by atoms with van der Waals surface area (Å²) in [7, 11) is 1.41. The van der Waals surface area contributed by atoms with Crippen molar-refractivity contribution in [3.8, 4) is 5.75 Å². The molecule has 1 rings (SSSR count). The summed E-state index contributed by atoms with van der Waals surface area (Å²) in [6.45, 7) is 0. The Bertz CT molecular complexity index is 393. The lowest BCUT2D eigenvalue weighted by molar-refractivity contribution is -0.153. The average Bonchev–Trinajstić information content (AvgIpc) is 2.25. The highest BCUT2D eigenvalue weighted by molar-refractivity contribution is 6.30. The van der Waals surface area contributed by atoms with Crippen molar-refractivity contribution < 1.29 is 24.9 Å². The molecule has 0 radical (unpaired) electrons. The zero-order valence-corrected chi connectivity index (χ0v) is 9.18. The number of methoxy groups -OCH3 is 1. The molecular formula is C10H11ClO5. The number of rotatable bonds is 4. The first kappa shape index (κ1) is 12.8. The summed E-state index contributed by atoms with van der Waals surface area (Å²) in [5.41, 5.74) is 0.180. The minimum absolute atomic E-state index is 0.180. The highest BCUT2D eigenvalue weighted by Gasteiger charge is 2.25. The Morgan fingerprint density at radius 2 is 2.00 bits per heavy atom. The molecule has 2 unspecified atom stereocenters. The molecule has 6 heteroatoms. The van der Waals surface area contributed by atoms with Gasteiger partial charge in [0.25, 0.3) is 0 Å². The quantitative estimate of drug-likeness (QED) is 0.732. The van der Waals surface area contributed by atoms with E-state index in [-0.39, 0.29) is 10.6 Å². The van der Waals surface area contributed by atoms with Crippen molar-refractivity contribution in [3.63, 3.8) is 0 Å².